The summed E-state index contributed by atoms with van der Waals surface area (Å²) in [5.41, 5.74) is 8.73. The van der Waals surface area contributed by atoms with E-state index in [0.717, 1.165) is 11.3 Å². The van der Waals surface area contributed by atoms with Crippen LogP contribution >= 0.6 is 24.4 Å². The van der Waals surface area contributed by atoms with Gasteiger partial charge < -0.3 is 11.1 Å². The maximum atomic E-state index is 5.40. The van der Waals surface area contributed by atoms with E-state index in [4.69, 9.17) is 30.2 Å². The Labute approximate surface area is 94.5 Å². The number of aryl methyl sites for hydroxylation is 1. The first-order valence-corrected chi connectivity index (χ1v) is 5.01. The van der Waals surface area contributed by atoms with Crippen molar-refractivity contribution < 1.29 is 0 Å². The Balaban J connectivity index is 2.93. The lowest BCUT2D eigenvalue weighted by molar-refractivity contribution is 1.34. The van der Waals surface area contributed by atoms with Gasteiger partial charge in [-0.2, -0.15) is 0 Å². The Morgan fingerprint density at radius 1 is 1.29 bits per heavy atom. The van der Waals surface area contributed by atoms with Gasteiger partial charge in [0.15, 0.2) is 0 Å². The van der Waals surface area contributed by atoms with Crippen LogP contribution in [0.5, 0.6) is 0 Å². The Morgan fingerprint density at radius 3 is 2.50 bits per heavy atom. The molecule has 0 fully saturated rings. The zero-order chi connectivity index (χ0) is 10.7. The van der Waals surface area contributed by atoms with E-state index < -0.39 is 0 Å². The van der Waals surface area contributed by atoms with E-state index in [9.17, 15) is 0 Å². The van der Waals surface area contributed by atoms with E-state index in [1.54, 1.807) is 0 Å². The fourth-order valence-electron chi connectivity index (χ4n) is 1.07. The monoisotopic (exact) mass is 224 g/mol. The van der Waals surface area contributed by atoms with Crippen molar-refractivity contribution in [2.45, 2.75) is 13.8 Å². The molecule has 0 unspecified atom stereocenters. The smallest absolute Gasteiger partial charge is 0.138 e. The summed E-state index contributed by atoms with van der Waals surface area (Å²) in [5, 5.41) is 3.02. The molecule has 0 saturated carbocycles. The van der Waals surface area contributed by atoms with E-state index >= 15 is 0 Å². The summed E-state index contributed by atoms with van der Waals surface area (Å²) in [5.74, 6) is 0. The maximum Gasteiger partial charge on any atom is 0.138 e. The number of nitrogens with two attached hydrogens (primary N) is 1. The quantitative estimate of drug-likeness (QED) is 0.718. The van der Waals surface area contributed by atoms with Gasteiger partial charge in [-0.15, -0.1) is 0 Å². The van der Waals surface area contributed by atoms with Gasteiger partial charge in [-0.25, -0.2) is 0 Å². The van der Waals surface area contributed by atoms with Crippen molar-refractivity contribution >= 4 is 40.1 Å². The van der Waals surface area contributed by atoms with Gasteiger partial charge in [0.25, 0.3) is 0 Å². The molecule has 4 heteroatoms. The highest BCUT2D eigenvalue weighted by molar-refractivity contribution is 7.89. The molecule has 3 N–H and O–H groups in total. The van der Waals surface area contributed by atoms with Crippen LogP contribution in [0, 0.1) is 13.8 Å². The van der Waals surface area contributed by atoms with Crippen molar-refractivity contribution in [2.24, 2.45) is 5.73 Å². The van der Waals surface area contributed by atoms with Crippen LogP contribution < -0.4 is 11.1 Å². The first-order chi connectivity index (χ1) is 6.52. The predicted octanol–water partition coefficient (Wildman–Crippen LogP) is 2.33. The number of thiocarbonyl (C=S) groups is 2. The number of hydrogen-bond acceptors (Lipinski definition) is 2. The molecular weight excluding hydrogens is 212 g/mol. The predicted molar refractivity (Wildman–Crippen MR) is 68.9 cm³/mol. The molecule has 0 saturated heterocycles. The number of anilines is 1. The highest BCUT2D eigenvalue weighted by Gasteiger charge is 2.04. The summed E-state index contributed by atoms with van der Waals surface area (Å²) in [7, 11) is 0. The van der Waals surface area contributed by atoms with Gasteiger partial charge in [0.1, 0.15) is 9.98 Å². The largest absolute Gasteiger partial charge is 0.388 e. The summed E-state index contributed by atoms with van der Waals surface area (Å²) < 4.78 is 0. The van der Waals surface area contributed by atoms with Crippen molar-refractivity contribution in [1.82, 2.24) is 0 Å². The average molecular weight is 224 g/mol. The summed E-state index contributed by atoms with van der Waals surface area (Å²) in [6.45, 7) is 4.07. The molecule has 0 aliphatic carbocycles. The molecule has 0 amide bonds. The molecule has 0 radical (unpaired) electrons. The second-order valence-corrected chi connectivity index (χ2v) is 3.91. The Hall–Kier alpha value is -1.00. The average Bonchev–Trinajstić information content (AvgIpc) is 2.12. The zero-order valence-electron chi connectivity index (χ0n) is 8.13. The topological polar surface area (TPSA) is 38.0 Å². The van der Waals surface area contributed by atoms with Gasteiger partial charge in [-0.05, 0) is 31.0 Å². The van der Waals surface area contributed by atoms with E-state index in [1.165, 1.54) is 5.56 Å². The molecule has 2 nitrogen and oxygen atoms in total. The van der Waals surface area contributed by atoms with Crippen LogP contribution in [-0.4, -0.2) is 9.98 Å². The second-order valence-electron chi connectivity index (χ2n) is 3.07. The van der Waals surface area contributed by atoms with Gasteiger partial charge in [0.2, 0.25) is 0 Å². The highest BCUT2D eigenvalue weighted by atomic mass is 32.1. The highest BCUT2D eigenvalue weighted by Crippen LogP contribution is 2.17. The van der Waals surface area contributed by atoms with E-state index in [2.05, 4.69) is 5.32 Å². The minimum atomic E-state index is 0.223. The van der Waals surface area contributed by atoms with Crippen molar-refractivity contribution in [1.29, 1.82) is 0 Å². The minimum Gasteiger partial charge on any atom is -0.388 e. The van der Waals surface area contributed by atoms with Crippen molar-refractivity contribution in [3.63, 3.8) is 0 Å². The first kappa shape index (κ1) is 11.1. The van der Waals surface area contributed by atoms with Gasteiger partial charge in [-0.1, -0.05) is 36.6 Å². The van der Waals surface area contributed by atoms with Crippen LogP contribution in [0.15, 0.2) is 18.2 Å². The first-order valence-electron chi connectivity index (χ1n) is 4.19. The van der Waals surface area contributed by atoms with Crippen LogP contribution in [-0.2, 0) is 0 Å². The summed E-state index contributed by atoms with van der Waals surface area (Å²) >= 11 is 9.75. The lowest BCUT2D eigenvalue weighted by Crippen LogP contribution is -2.26. The van der Waals surface area contributed by atoms with E-state index in [0.29, 0.717) is 4.99 Å². The van der Waals surface area contributed by atoms with Gasteiger partial charge in [-0.3, -0.25) is 0 Å². The molecule has 14 heavy (non-hydrogen) atoms. The van der Waals surface area contributed by atoms with E-state index in [1.807, 2.05) is 32.0 Å². The third kappa shape index (κ3) is 2.49. The fourth-order valence-corrected chi connectivity index (χ4v) is 1.23. The van der Waals surface area contributed by atoms with Crippen LogP contribution in [0.3, 0.4) is 0 Å². The molecule has 0 spiro atoms. The van der Waals surface area contributed by atoms with Crippen LogP contribution in [0.4, 0.5) is 5.69 Å². The van der Waals surface area contributed by atoms with Crippen molar-refractivity contribution in [2.75, 3.05) is 5.32 Å². The molecule has 1 aromatic rings. The van der Waals surface area contributed by atoms with Gasteiger partial charge in [0, 0.05) is 5.69 Å². The van der Waals surface area contributed by atoms with Gasteiger partial charge >= 0.3 is 0 Å². The minimum absolute atomic E-state index is 0.223. The van der Waals surface area contributed by atoms with E-state index in [-0.39, 0.29) is 4.99 Å². The third-order valence-electron chi connectivity index (χ3n) is 2.08. The molecule has 0 atom stereocenters. The molecule has 74 valence electrons. The maximum absolute atomic E-state index is 5.40. The molecule has 0 aliphatic rings. The fraction of sp³-hybridized carbons (Fsp3) is 0.200. The summed E-state index contributed by atoms with van der Waals surface area (Å²) in [6.07, 6.45) is 0. The molecule has 1 aromatic carbocycles. The Bertz CT molecular complexity index is 386. The lowest BCUT2D eigenvalue weighted by atomic mass is 10.1. The van der Waals surface area contributed by atoms with Crippen LogP contribution in [0.2, 0.25) is 0 Å². The number of benzene rings is 1. The number of rotatable bonds is 1. The summed E-state index contributed by atoms with van der Waals surface area (Å²) in [6, 6.07) is 5.96. The Morgan fingerprint density at radius 2 is 1.93 bits per heavy atom. The van der Waals surface area contributed by atoms with Crippen LogP contribution in [0.25, 0.3) is 0 Å². The van der Waals surface area contributed by atoms with Crippen LogP contribution in [0.1, 0.15) is 11.1 Å². The third-order valence-corrected chi connectivity index (χ3v) is 2.73. The number of nitrogens with one attached hydrogen (secondary N) is 1. The Kier molecular flexibility index (Phi) is 3.55. The zero-order valence-corrected chi connectivity index (χ0v) is 9.76. The molecular formula is C10H12N2S2. The molecule has 1 rings (SSSR count). The normalized spacial score (nSPS) is 9.57. The van der Waals surface area contributed by atoms with Gasteiger partial charge in [0.05, 0.1) is 0 Å². The van der Waals surface area contributed by atoms with Crippen molar-refractivity contribution in [3.8, 4) is 0 Å². The molecule has 0 bridgehead atoms. The lowest BCUT2D eigenvalue weighted by Gasteiger charge is -2.10. The number of hydrogen-bond donors (Lipinski definition) is 2. The molecule has 0 aliphatic heterocycles. The van der Waals surface area contributed by atoms with Crippen molar-refractivity contribution in [3.05, 3.63) is 29.3 Å². The molecule has 0 aromatic heterocycles. The second kappa shape index (κ2) is 4.48. The molecule has 0 heterocycles. The summed E-state index contributed by atoms with van der Waals surface area (Å²) in [4.78, 5) is 0.634. The standard InChI is InChI=1S/C10H12N2S2/c1-6-4-3-5-8(7(6)2)12-10(14)9(11)13/h3-5H,1-2H3,(H2,11,13)(H,12,14). The SMILES string of the molecule is Cc1cccc(NC(=S)C(N)=S)c1C.